The average Bonchev–Trinajstić information content (AvgIpc) is 2.81. The summed E-state index contributed by atoms with van der Waals surface area (Å²) in [5, 5.41) is 2.78. The minimum absolute atomic E-state index is 0.153. The first-order chi connectivity index (χ1) is 10.6. The van der Waals surface area contributed by atoms with Gasteiger partial charge in [-0.3, -0.25) is 0 Å². The molecular formula is C15H13BrClN3S2. The number of aromatic nitrogens is 1. The van der Waals surface area contributed by atoms with Crippen molar-refractivity contribution in [1.82, 2.24) is 4.98 Å². The molecule has 0 aliphatic carbocycles. The number of allylic oxidation sites excluding steroid dienone is 1. The molecule has 1 aromatic heterocycles. The zero-order chi connectivity index (χ0) is 15.7. The van der Waals surface area contributed by atoms with Crippen LogP contribution in [0.25, 0.3) is 0 Å². The zero-order valence-electron chi connectivity index (χ0n) is 11.7. The molecule has 0 fully saturated rings. The average molecular weight is 415 g/mol. The number of halogens is 2. The minimum atomic E-state index is -0.153. The second kappa shape index (κ2) is 6.84. The van der Waals surface area contributed by atoms with E-state index in [0.717, 1.165) is 30.8 Å². The van der Waals surface area contributed by atoms with Gasteiger partial charge in [-0.25, -0.2) is 4.98 Å². The standard InChI is InChI=1S/C15H13BrClN3S2/c1-9-8-21-15(18)20(9)14-13(6-10(16)7-19-14)22-12-5-3-2-4-11(12)17/h2-8,15H,18H2,1H3. The predicted molar refractivity (Wildman–Crippen MR) is 99.3 cm³/mol. The molecule has 1 aliphatic heterocycles. The van der Waals surface area contributed by atoms with Crippen molar-refractivity contribution in [3.05, 3.63) is 57.1 Å². The molecule has 0 bridgehead atoms. The van der Waals surface area contributed by atoms with Crippen LogP contribution in [0.4, 0.5) is 5.82 Å². The molecule has 1 aliphatic rings. The number of hydrogen-bond acceptors (Lipinski definition) is 5. The van der Waals surface area contributed by atoms with Crippen molar-refractivity contribution in [2.75, 3.05) is 4.90 Å². The molecule has 114 valence electrons. The molecular weight excluding hydrogens is 402 g/mol. The van der Waals surface area contributed by atoms with E-state index in [0.29, 0.717) is 0 Å². The Morgan fingerprint density at radius 2 is 2.14 bits per heavy atom. The molecule has 2 heterocycles. The summed E-state index contributed by atoms with van der Waals surface area (Å²) in [5.74, 6) is 0.847. The highest BCUT2D eigenvalue weighted by Gasteiger charge is 2.26. The van der Waals surface area contributed by atoms with Gasteiger partial charge in [0.25, 0.3) is 0 Å². The summed E-state index contributed by atoms with van der Waals surface area (Å²) in [6, 6.07) is 9.82. The van der Waals surface area contributed by atoms with Gasteiger partial charge < -0.3 is 10.6 Å². The smallest absolute Gasteiger partial charge is 0.148 e. The topological polar surface area (TPSA) is 42.1 Å². The Morgan fingerprint density at radius 1 is 1.36 bits per heavy atom. The fourth-order valence-electron chi connectivity index (χ4n) is 2.09. The number of pyridine rings is 1. The van der Waals surface area contributed by atoms with Crippen molar-refractivity contribution in [3.63, 3.8) is 0 Å². The molecule has 2 aromatic rings. The van der Waals surface area contributed by atoms with E-state index in [1.165, 1.54) is 0 Å². The first-order valence-electron chi connectivity index (χ1n) is 6.51. The lowest BCUT2D eigenvalue weighted by Gasteiger charge is -2.25. The molecule has 0 saturated carbocycles. The molecule has 2 N–H and O–H groups in total. The summed E-state index contributed by atoms with van der Waals surface area (Å²) in [6.07, 6.45) is 1.79. The second-order valence-corrected chi connectivity index (χ2v) is 8.06. The van der Waals surface area contributed by atoms with Crippen LogP contribution in [0.2, 0.25) is 5.02 Å². The summed E-state index contributed by atoms with van der Waals surface area (Å²) >= 11 is 12.9. The fraction of sp³-hybridized carbons (Fsp3) is 0.133. The van der Waals surface area contributed by atoms with E-state index in [2.05, 4.69) is 26.3 Å². The Kier molecular flexibility index (Phi) is 5.04. The molecule has 1 atom stereocenters. The maximum atomic E-state index is 6.28. The first-order valence-corrected chi connectivity index (χ1v) is 9.44. The van der Waals surface area contributed by atoms with Crippen LogP contribution < -0.4 is 10.6 Å². The molecule has 1 unspecified atom stereocenters. The van der Waals surface area contributed by atoms with Gasteiger partial charge in [-0.1, -0.05) is 47.3 Å². The SMILES string of the molecule is CC1=CSC(N)N1c1ncc(Br)cc1Sc1ccccc1Cl. The number of nitrogens with zero attached hydrogens (tertiary/aromatic N) is 2. The van der Waals surface area contributed by atoms with Gasteiger partial charge in [0.1, 0.15) is 11.3 Å². The third-order valence-electron chi connectivity index (χ3n) is 3.10. The van der Waals surface area contributed by atoms with E-state index in [1.54, 1.807) is 29.7 Å². The van der Waals surface area contributed by atoms with E-state index in [4.69, 9.17) is 17.3 Å². The summed E-state index contributed by atoms with van der Waals surface area (Å²) in [4.78, 5) is 8.61. The van der Waals surface area contributed by atoms with E-state index in [9.17, 15) is 0 Å². The van der Waals surface area contributed by atoms with Crippen molar-refractivity contribution in [3.8, 4) is 0 Å². The minimum Gasteiger partial charge on any atom is -0.303 e. The van der Waals surface area contributed by atoms with Crippen molar-refractivity contribution < 1.29 is 0 Å². The number of rotatable bonds is 3. The van der Waals surface area contributed by atoms with E-state index in [1.807, 2.05) is 42.2 Å². The quantitative estimate of drug-likeness (QED) is 0.737. The van der Waals surface area contributed by atoms with Gasteiger partial charge in [-0.05, 0) is 46.5 Å². The Bertz CT molecular complexity index is 738. The van der Waals surface area contributed by atoms with Crippen LogP contribution in [0.3, 0.4) is 0 Å². The van der Waals surface area contributed by atoms with Gasteiger partial charge in [-0.15, -0.1) is 0 Å². The largest absolute Gasteiger partial charge is 0.303 e. The third-order valence-corrected chi connectivity index (χ3v) is 6.04. The van der Waals surface area contributed by atoms with Crippen molar-refractivity contribution in [1.29, 1.82) is 0 Å². The molecule has 0 radical (unpaired) electrons. The van der Waals surface area contributed by atoms with Crippen LogP contribution in [0.5, 0.6) is 0 Å². The van der Waals surface area contributed by atoms with Gasteiger partial charge in [0.15, 0.2) is 0 Å². The molecule has 0 amide bonds. The number of thioether (sulfide) groups is 1. The maximum Gasteiger partial charge on any atom is 0.148 e. The molecule has 7 heteroatoms. The van der Waals surface area contributed by atoms with Crippen LogP contribution in [0.15, 0.2) is 61.9 Å². The molecule has 3 nitrogen and oxygen atoms in total. The molecule has 3 rings (SSSR count). The van der Waals surface area contributed by atoms with Gasteiger partial charge >= 0.3 is 0 Å². The Labute approximate surface area is 151 Å². The number of benzene rings is 1. The van der Waals surface area contributed by atoms with Crippen molar-refractivity contribution in [2.45, 2.75) is 22.2 Å². The van der Waals surface area contributed by atoms with Crippen LogP contribution in [0, 0.1) is 0 Å². The summed E-state index contributed by atoms with van der Waals surface area (Å²) in [7, 11) is 0. The van der Waals surface area contributed by atoms with Gasteiger partial charge in [-0.2, -0.15) is 0 Å². The number of hydrogen-bond donors (Lipinski definition) is 1. The summed E-state index contributed by atoms with van der Waals surface area (Å²) in [6.45, 7) is 2.04. The highest BCUT2D eigenvalue weighted by atomic mass is 79.9. The van der Waals surface area contributed by atoms with Crippen molar-refractivity contribution >= 4 is 56.9 Å². The van der Waals surface area contributed by atoms with Crippen LogP contribution in [-0.4, -0.2) is 10.5 Å². The lowest BCUT2D eigenvalue weighted by atomic mass is 10.4. The first kappa shape index (κ1) is 16.2. The van der Waals surface area contributed by atoms with Crippen LogP contribution >= 0.6 is 51.1 Å². The summed E-state index contributed by atoms with van der Waals surface area (Å²) < 4.78 is 0.924. The number of anilines is 1. The van der Waals surface area contributed by atoms with E-state index in [-0.39, 0.29) is 5.50 Å². The highest BCUT2D eigenvalue weighted by molar-refractivity contribution is 9.10. The molecule has 1 aromatic carbocycles. The highest BCUT2D eigenvalue weighted by Crippen LogP contribution is 2.42. The maximum absolute atomic E-state index is 6.28. The van der Waals surface area contributed by atoms with Gasteiger partial charge in [0.05, 0.1) is 9.92 Å². The van der Waals surface area contributed by atoms with Crippen LogP contribution in [0.1, 0.15) is 6.92 Å². The van der Waals surface area contributed by atoms with E-state index < -0.39 is 0 Å². The lowest BCUT2D eigenvalue weighted by molar-refractivity contribution is 0.851. The fourth-order valence-corrected chi connectivity index (χ4v) is 4.64. The normalized spacial score (nSPS) is 17.7. The molecule has 0 spiro atoms. The lowest BCUT2D eigenvalue weighted by Crippen LogP contribution is -2.35. The predicted octanol–water partition coefficient (Wildman–Crippen LogP) is 5.31. The van der Waals surface area contributed by atoms with Gasteiger partial charge in [0.2, 0.25) is 0 Å². The Balaban J connectivity index is 2.02. The summed E-state index contributed by atoms with van der Waals surface area (Å²) in [5.41, 5.74) is 7.12. The Morgan fingerprint density at radius 3 is 2.82 bits per heavy atom. The molecule has 22 heavy (non-hydrogen) atoms. The Hall–Kier alpha value is -0.660. The second-order valence-electron chi connectivity index (χ2n) is 4.66. The third kappa shape index (κ3) is 3.31. The van der Waals surface area contributed by atoms with Crippen LogP contribution in [-0.2, 0) is 0 Å². The molecule has 0 saturated heterocycles. The van der Waals surface area contributed by atoms with Crippen molar-refractivity contribution in [2.24, 2.45) is 5.73 Å². The van der Waals surface area contributed by atoms with E-state index >= 15 is 0 Å². The monoisotopic (exact) mass is 413 g/mol. The number of nitrogens with two attached hydrogens (primary N) is 1. The zero-order valence-corrected chi connectivity index (χ0v) is 15.6. The van der Waals surface area contributed by atoms with Gasteiger partial charge in [0, 0.05) is 21.3 Å².